The highest BCUT2D eigenvalue weighted by molar-refractivity contribution is 7.25. The van der Waals surface area contributed by atoms with E-state index in [1.165, 1.54) is 48.5 Å². The highest BCUT2D eigenvalue weighted by Gasteiger charge is 2.15. The van der Waals surface area contributed by atoms with Crippen LogP contribution in [0.25, 0.3) is 52.7 Å². The molecule has 0 radical (unpaired) electrons. The Morgan fingerprint density at radius 3 is 1.57 bits per heavy atom. The summed E-state index contributed by atoms with van der Waals surface area (Å²) in [6.07, 6.45) is 0. The maximum atomic E-state index is 4.53. The summed E-state index contributed by atoms with van der Waals surface area (Å²) < 4.78 is 17.8. The Morgan fingerprint density at radius 1 is 0.459 bits per heavy atom. The molecule has 0 N–H and O–H groups in total. The van der Waals surface area contributed by atoms with Crippen LogP contribution < -0.4 is 0 Å². The van der Waals surface area contributed by atoms with Gasteiger partial charge in [0.1, 0.15) is 22.1 Å². The van der Waals surface area contributed by atoms with Crippen molar-refractivity contribution in [3.8, 4) is 30.6 Å². The van der Waals surface area contributed by atoms with E-state index in [0.717, 1.165) is 33.2 Å². The lowest BCUT2D eigenvalue weighted by Gasteiger charge is -2.00. The fraction of sp³-hybridized carbons (Fsp3) is 0.310. The first-order valence-corrected chi connectivity index (χ1v) is 16.0. The summed E-state index contributed by atoms with van der Waals surface area (Å²) in [7, 11) is 0. The third-order valence-electron chi connectivity index (χ3n) is 4.89. The molecule has 0 unspecified atom stereocenters. The normalized spacial score (nSPS) is 9.76. The first-order valence-electron chi connectivity index (χ1n) is 12.9. The van der Waals surface area contributed by atoms with E-state index in [1.807, 2.05) is 67.5 Å². The molecule has 0 aliphatic heterocycles. The van der Waals surface area contributed by atoms with Gasteiger partial charge < -0.3 is 0 Å². The standard InChI is InChI=1S/C21H12N4S4.4C2H6/c1-11-5-6-13(21-19(11)23-29-25-21)16-8-10-18(27-16)17-9-7-15(26-17)12-3-2-4-14-20(12)24-28-22-14;4*1-2/h2-10H,1H3;4*1-2H3. The van der Waals surface area contributed by atoms with E-state index in [0.29, 0.717) is 0 Å². The van der Waals surface area contributed by atoms with Gasteiger partial charge in [0.2, 0.25) is 0 Å². The Bertz CT molecular complexity index is 1490. The predicted octanol–water partition coefficient (Wildman–Crippen LogP) is 11.2. The van der Waals surface area contributed by atoms with Crippen LogP contribution in [0.1, 0.15) is 61.0 Å². The maximum absolute atomic E-state index is 4.53. The van der Waals surface area contributed by atoms with E-state index in [1.54, 1.807) is 22.7 Å². The van der Waals surface area contributed by atoms with Crippen molar-refractivity contribution in [2.45, 2.75) is 62.3 Å². The number of benzene rings is 2. The number of rotatable bonds is 3. The Morgan fingerprint density at radius 2 is 0.946 bits per heavy atom. The van der Waals surface area contributed by atoms with Gasteiger partial charge in [-0.05, 0) is 42.8 Å². The van der Waals surface area contributed by atoms with E-state index in [4.69, 9.17) is 0 Å². The van der Waals surface area contributed by atoms with Crippen LogP contribution in [-0.4, -0.2) is 17.5 Å². The molecule has 0 spiro atoms. The van der Waals surface area contributed by atoms with Crippen LogP contribution in [0.5, 0.6) is 0 Å². The zero-order valence-corrected chi connectivity index (χ0v) is 26.4. The SMILES string of the molecule is CC.CC.CC.CC.Cc1ccc(-c2ccc(-c3ccc(-c4cccc5nsnc45)s3)s2)c2nsnc12. The van der Waals surface area contributed by atoms with Gasteiger partial charge in [-0.15, -0.1) is 22.7 Å². The Labute approximate surface area is 237 Å². The Balaban J connectivity index is 0.000000553. The lowest BCUT2D eigenvalue weighted by atomic mass is 10.1. The Hall–Kier alpha value is -2.52. The minimum Gasteiger partial charge on any atom is -0.173 e. The number of aromatic nitrogens is 4. The molecule has 0 aliphatic carbocycles. The predicted molar refractivity (Wildman–Crippen MR) is 171 cm³/mol. The summed E-state index contributed by atoms with van der Waals surface area (Å²) in [5.41, 5.74) is 7.42. The minimum absolute atomic E-state index is 0.959. The second-order valence-electron chi connectivity index (χ2n) is 6.66. The number of hydrogen-bond donors (Lipinski definition) is 0. The molecule has 8 heteroatoms. The number of nitrogens with zero attached hydrogens (tertiary/aromatic N) is 4. The van der Waals surface area contributed by atoms with Crippen molar-refractivity contribution in [3.63, 3.8) is 0 Å². The van der Waals surface area contributed by atoms with E-state index in [9.17, 15) is 0 Å². The molecular weight excluding hydrogens is 533 g/mol. The topological polar surface area (TPSA) is 51.6 Å². The molecule has 6 rings (SSSR count). The summed E-state index contributed by atoms with van der Waals surface area (Å²) in [5, 5.41) is 0. The van der Waals surface area contributed by atoms with Crippen LogP contribution in [0.3, 0.4) is 0 Å². The molecule has 2 aromatic carbocycles. The van der Waals surface area contributed by atoms with E-state index >= 15 is 0 Å². The van der Waals surface area contributed by atoms with Gasteiger partial charge in [-0.1, -0.05) is 79.7 Å². The fourth-order valence-electron chi connectivity index (χ4n) is 3.42. The molecule has 0 aliphatic rings. The average Bonchev–Trinajstić information content (AvgIpc) is 3.79. The zero-order valence-electron chi connectivity index (χ0n) is 23.1. The number of aryl methyl sites for hydroxylation is 1. The van der Waals surface area contributed by atoms with Crippen molar-refractivity contribution in [3.05, 3.63) is 60.2 Å². The Kier molecular flexibility index (Phi) is 13.0. The van der Waals surface area contributed by atoms with Crippen molar-refractivity contribution in [1.29, 1.82) is 0 Å². The van der Waals surface area contributed by atoms with Crippen molar-refractivity contribution in [2.24, 2.45) is 0 Å². The van der Waals surface area contributed by atoms with Gasteiger partial charge in [-0.25, -0.2) is 0 Å². The van der Waals surface area contributed by atoms with E-state index < -0.39 is 0 Å². The van der Waals surface area contributed by atoms with Gasteiger partial charge >= 0.3 is 0 Å². The van der Waals surface area contributed by atoms with Gasteiger partial charge in [-0.2, -0.15) is 17.5 Å². The van der Waals surface area contributed by atoms with Crippen LogP contribution in [0.4, 0.5) is 0 Å². The molecule has 4 nitrogen and oxygen atoms in total. The van der Waals surface area contributed by atoms with Crippen LogP contribution >= 0.6 is 46.1 Å². The average molecular weight is 569 g/mol. The molecular formula is C29H36N4S4. The second kappa shape index (κ2) is 15.7. The molecule has 0 saturated carbocycles. The summed E-state index contributed by atoms with van der Waals surface area (Å²) in [6, 6.07) is 19.2. The van der Waals surface area contributed by atoms with Gasteiger partial charge in [-0.3, -0.25) is 0 Å². The summed E-state index contributed by atoms with van der Waals surface area (Å²) >= 11 is 6.14. The molecule has 0 fully saturated rings. The fourth-order valence-corrected chi connectivity index (χ4v) is 6.75. The highest BCUT2D eigenvalue weighted by Crippen LogP contribution is 2.42. The summed E-state index contributed by atoms with van der Waals surface area (Å²) in [6.45, 7) is 18.1. The van der Waals surface area contributed by atoms with E-state index in [-0.39, 0.29) is 0 Å². The lowest BCUT2D eigenvalue weighted by molar-refractivity contribution is 1.48. The van der Waals surface area contributed by atoms with Crippen LogP contribution in [0.15, 0.2) is 54.6 Å². The first-order chi connectivity index (χ1) is 18.3. The monoisotopic (exact) mass is 568 g/mol. The molecule has 0 saturated heterocycles. The summed E-state index contributed by atoms with van der Waals surface area (Å²) in [4.78, 5) is 4.96. The third kappa shape index (κ3) is 6.68. The largest absolute Gasteiger partial charge is 0.173 e. The van der Waals surface area contributed by atoms with Crippen molar-refractivity contribution in [1.82, 2.24) is 17.5 Å². The minimum atomic E-state index is 0.959. The molecule has 0 amide bonds. The number of fused-ring (bicyclic) bond motifs is 2. The van der Waals surface area contributed by atoms with Crippen LogP contribution in [0.2, 0.25) is 0 Å². The van der Waals surface area contributed by atoms with Crippen LogP contribution in [-0.2, 0) is 0 Å². The molecule has 0 bridgehead atoms. The molecule has 196 valence electrons. The molecule has 37 heavy (non-hydrogen) atoms. The lowest BCUT2D eigenvalue weighted by Crippen LogP contribution is -1.80. The second-order valence-corrected chi connectivity index (χ2v) is 9.88. The van der Waals surface area contributed by atoms with Crippen molar-refractivity contribution < 1.29 is 0 Å². The van der Waals surface area contributed by atoms with Crippen molar-refractivity contribution in [2.75, 3.05) is 0 Å². The maximum Gasteiger partial charge on any atom is 0.113 e. The van der Waals surface area contributed by atoms with Gasteiger partial charge in [0.15, 0.2) is 0 Å². The molecule has 6 aromatic rings. The van der Waals surface area contributed by atoms with Crippen molar-refractivity contribution >= 4 is 68.2 Å². The summed E-state index contributed by atoms with van der Waals surface area (Å²) in [5.74, 6) is 0. The number of hydrogen-bond acceptors (Lipinski definition) is 8. The van der Waals surface area contributed by atoms with Gasteiger partial charge in [0.05, 0.1) is 23.5 Å². The number of thiophene rings is 2. The smallest absolute Gasteiger partial charge is 0.113 e. The van der Waals surface area contributed by atoms with Gasteiger partial charge in [0.25, 0.3) is 0 Å². The quantitative estimate of drug-likeness (QED) is 0.213. The third-order valence-corrected chi connectivity index (χ3v) is 8.39. The zero-order chi connectivity index (χ0) is 27.4. The van der Waals surface area contributed by atoms with E-state index in [2.05, 4.69) is 66.9 Å². The molecule has 4 heterocycles. The molecule has 0 atom stereocenters. The first kappa shape index (κ1) is 30.7. The van der Waals surface area contributed by atoms with Gasteiger partial charge in [0, 0.05) is 30.6 Å². The highest BCUT2D eigenvalue weighted by atomic mass is 32.1. The van der Waals surface area contributed by atoms with Crippen LogP contribution in [0, 0.1) is 6.92 Å². The molecule has 4 aromatic heterocycles.